The molecule has 76 valence electrons. The Bertz CT molecular complexity index is 448. The summed E-state index contributed by atoms with van der Waals surface area (Å²) in [5.41, 5.74) is 2.28. The first-order chi connectivity index (χ1) is 7.31. The van der Waals surface area contributed by atoms with Crippen LogP contribution in [0.25, 0.3) is 11.1 Å². The molecule has 0 amide bonds. The zero-order valence-corrected chi connectivity index (χ0v) is 9.99. The molecule has 0 radical (unpaired) electrons. The first-order valence-electron chi connectivity index (χ1n) is 4.70. The number of hydrogen-bond donors (Lipinski definition) is 0. The van der Waals surface area contributed by atoms with Gasteiger partial charge in [0.1, 0.15) is 5.75 Å². The number of halogens is 1. The number of ether oxygens (including phenoxy) is 1. The second-order valence-corrected chi connectivity index (χ2v) is 4.12. The van der Waals surface area contributed by atoms with Crippen LogP contribution in [-0.4, -0.2) is 7.11 Å². The van der Waals surface area contributed by atoms with Gasteiger partial charge >= 0.3 is 0 Å². The molecule has 0 saturated heterocycles. The predicted octanol–water partition coefficient (Wildman–Crippen LogP) is 4.12. The SMILES string of the molecule is COc1ccccc1-c1ccc(Br)cc1. The van der Waals surface area contributed by atoms with Crippen LogP contribution in [0.2, 0.25) is 0 Å². The summed E-state index contributed by atoms with van der Waals surface area (Å²) in [5, 5.41) is 0. The van der Waals surface area contributed by atoms with Crippen LogP contribution >= 0.6 is 15.9 Å². The molecule has 2 aromatic rings. The molecule has 0 saturated carbocycles. The lowest BCUT2D eigenvalue weighted by molar-refractivity contribution is 0.416. The van der Waals surface area contributed by atoms with Gasteiger partial charge in [0, 0.05) is 10.0 Å². The highest BCUT2D eigenvalue weighted by Gasteiger charge is 2.03. The molecule has 15 heavy (non-hydrogen) atoms. The monoisotopic (exact) mass is 262 g/mol. The molecule has 0 spiro atoms. The molecule has 0 heterocycles. The van der Waals surface area contributed by atoms with Gasteiger partial charge in [-0.05, 0) is 23.8 Å². The van der Waals surface area contributed by atoms with Crippen LogP contribution in [0.3, 0.4) is 0 Å². The first-order valence-corrected chi connectivity index (χ1v) is 5.49. The van der Waals surface area contributed by atoms with Crippen molar-refractivity contribution in [1.82, 2.24) is 0 Å². The van der Waals surface area contributed by atoms with Gasteiger partial charge in [0.2, 0.25) is 0 Å². The van der Waals surface area contributed by atoms with Gasteiger partial charge in [-0.15, -0.1) is 0 Å². The van der Waals surface area contributed by atoms with Crippen LogP contribution in [-0.2, 0) is 0 Å². The number of rotatable bonds is 2. The van der Waals surface area contributed by atoms with E-state index in [-0.39, 0.29) is 0 Å². The van der Waals surface area contributed by atoms with Crippen LogP contribution < -0.4 is 4.74 Å². The van der Waals surface area contributed by atoms with Gasteiger partial charge in [-0.25, -0.2) is 0 Å². The van der Waals surface area contributed by atoms with E-state index in [4.69, 9.17) is 4.74 Å². The van der Waals surface area contributed by atoms with Gasteiger partial charge in [0.05, 0.1) is 7.11 Å². The molecular weight excluding hydrogens is 252 g/mol. The molecule has 2 aromatic carbocycles. The van der Waals surface area contributed by atoms with Crippen LogP contribution in [0, 0.1) is 0 Å². The Balaban J connectivity index is 2.49. The average molecular weight is 263 g/mol. The zero-order valence-electron chi connectivity index (χ0n) is 8.41. The maximum atomic E-state index is 5.32. The molecule has 0 bridgehead atoms. The Hall–Kier alpha value is -1.28. The Labute approximate surface area is 97.8 Å². The molecule has 0 aliphatic heterocycles. The molecule has 0 aliphatic carbocycles. The second kappa shape index (κ2) is 4.49. The average Bonchev–Trinajstić information content (AvgIpc) is 2.30. The molecule has 0 atom stereocenters. The van der Waals surface area contributed by atoms with Crippen LogP contribution in [0.1, 0.15) is 0 Å². The summed E-state index contributed by atoms with van der Waals surface area (Å²) in [6, 6.07) is 16.2. The maximum absolute atomic E-state index is 5.32. The first kappa shape index (κ1) is 10.2. The summed E-state index contributed by atoms with van der Waals surface area (Å²) in [6.45, 7) is 0. The van der Waals surface area contributed by atoms with E-state index in [1.807, 2.05) is 30.3 Å². The third kappa shape index (κ3) is 2.21. The van der Waals surface area contributed by atoms with E-state index < -0.39 is 0 Å². The summed E-state index contributed by atoms with van der Waals surface area (Å²) in [6.07, 6.45) is 0. The summed E-state index contributed by atoms with van der Waals surface area (Å²) >= 11 is 3.42. The van der Waals surface area contributed by atoms with Crippen LogP contribution in [0.5, 0.6) is 5.75 Å². The molecular formula is C13H11BrO. The van der Waals surface area contributed by atoms with Crippen molar-refractivity contribution in [2.45, 2.75) is 0 Å². The van der Waals surface area contributed by atoms with Crippen molar-refractivity contribution in [3.05, 3.63) is 53.0 Å². The molecule has 0 N–H and O–H groups in total. The summed E-state index contributed by atoms with van der Waals surface area (Å²) in [5.74, 6) is 0.903. The Kier molecular flexibility index (Phi) is 3.07. The van der Waals surface area contributed by atoms with Crippen molar-refractivity contribution < 1.29 is 4.74 Å². The second-order valence-electron chi connectivity index (χ2n) is 3.21. The van der Waals surface area contributed by atoms with E-state index >= 15 is 0 Å². The largest absolute Gasteiger partial charge is 0.496 e. The van der Waals surface area contributed by atoms with E-state index in [0.717, 1.165) is 21.3 Å². The Morgan fingerprint density at radius 1 is 0.933 bits per heavy atom. The lowest BCUT2D eigenvalue weighted by Gasteiger charge is -2.07. The highest BCUT2D eigenvalue weighted by molar-refractivity contribution is 9.10. The smallest absolute Gasteiger partial charge is 0.126 e. The van der Waals surface area contributed by atoms with Crippen molar-refractivity contribution in [2.24, 2.45) is 0 Å². The molecule has 1 nitrogen and oxygen atoms in total. The van der Waals surface area contributed by atoms with Gasteiger partial charge < -0.3 is 4.74 Å². The lowest BCUT2D eigenvalue weighted by Crippen LogP contribution is -1.86. The van der Waals surface area contributed by atoms with E-state index in [2.05, 4.69) is 34.1 Å². The third-order valence-electron chi connectivity index (χ3n) is 2.26. The van der Waals surface area contributed by atoms with Gasteiger partial charge in [-0.3, -0.25) is 0 Å². The zero-order chi connectivity index (χ0) is 10.7. The van der Waals surface area contributed by atoms with Crippen LogP contribution in [0.15, 0.2) is 53.0 Å². The quantitative estimate of drug-likeness (QED) is 0.791. The highest BCUT2D eigenvalue weighted by Crippen LogP contribution is 2.30. The lowest BCUT2D eigenvalue weighted by atomic mass is 10.1. The number of methoxy groups -OCH3 is 1. The fraction of sp³-hybridized carbons (Fsp3) is 0.0769. The predicted molar refractivity (Wildman–Crippen MR) is 66.1 cm³/mol. The van der Waals surface area contributed by atoms with Crippen molar-refractivity contribution in [3.8, 4) is 16.9 Å². The van der Waals surface area contributed by atoms with Crippen molar-refractivity contribution in [1.29, 1.82) is 0 Å². The van der Waals surface area contributed by atoms with Crippen molar-refractivity contribution >= 4 is 15.9 Å². The summed E-state index contributed by atoms with van der Waals surface area (Å²) < 4.78 is 6.40. The normalized spacial score (nSPS) is 10.0. The highest BCUT2D eigenvalue weighted by atomic mass is 79.9. The standard InChI is InChI=1S/C13H11BrO/c1-15-13-5-3-2-4-12(13)10-6-8-11(14)9-7-10/h2-9H,1H3. The summed E-state index contributed by atoms with van der Waals surface area (Å²) in [4.78, 5) is 0. The maximum Gasteiger partial charge on any atom is 0.126 e. The number of hydrogen-bond acceptors (Lipinski definition) is 1. The summed E-state index contributed by atoms with van der Waals surface area (Å²) in [7, 11) is 1.69. The van der Waals surface area contributed by atoms with Crippen LogP contribution in [0.4, 0.5) is 0 Å². The minimum Gasteiger partial charge on any atom is -0.496 e. The molecule has 0 aromatic heterocycles. The fourth-order valence-corrected chi connectivity index (χ4v) is 1.78. The van der Waals surface area contributed by atoms with Gasteiger partial charge in [-0.2, -0.15) is 0 Å². The number of para-hydroxylation sites is 1. The molecule has 0 unspecified atom stereocenters. The Morgan fingerprint density at radius 2 is 1.60 bits per heavy atom. The van der Waals surface area contributed by atoms with E-state index in [1.165, 1.54) is 0 Å². The fourth-order valence-electron chi connectivity index (χ4n) is 1.51. The molecule has 2 heteroatoms. The molecule has 0 aliphatic rings. The van der Waals surface area contributed by atoms with Crippen molar-refractivity contribution in [2.75, 3.05) is 7.11 Å². The van der Waals surface area contributed by atoms with E-state index in [9.17, 15) is 0 Å². The van der Waals surface area contributed by atoms with Gasteiger partial charge in [-0.1, -0.05) is 46.3 Å². The van der Waals surface area contributed by atoms with Gasteiger partial charge in [0.15, 0.2) is 0 Å². The minimum atomic E-state index is 0.903. The van der Waals surface area contributed by atoms with Gasteiger partial charge in [0.25, 0.3) is 0 Å². The molecule has 0 fully saturated rings. The minimum absolute atomic E-state index is 0.903. The van der Waals surface area contributed by atoms with E-state index in [1.54, 1.807) is 7.11 Å². The number of benzene rings is 2. The van der Waals surface area contributed by atoms with E-state index in [0.29, 0.717) is 0 Å². The topological polar surface area (TPSA) is 9.23 Å². The van der Waals surface area contributed by atoms with Crippen molar-refractivity contribution in [3.63, 3.8) is 0 Å². The molecule has 2 rings (SSSR count). The Morgan fingerprint density at radius 3 is 2.27 bits per heavy atom. The third-order valence-corrected chi connectivity index (χ3v) is 2.79.